The minimum Gasteiger partial charge on any atom is -0.395 e. The Morgan fingerprint density at radius 1 is 1.44 bits per heavy atom. The monoisotopic (exact) mass is 353 g/mol. The molecule has 1 aromatic heterocycles. The molecule has 2 rings (SSSR count). The minimum absolute atomic E-state index is 0.216. The molecule has 4 N–H and O–H groups in total. The molecule has 1 fully saturated rings. The molecule has 0 radical (unpaired) electrons. The molecule has 8 heteroatoms. The normalized spacial score (nSPS) is 27.6. The number of carbonyl (C=O) groups is 1. The molecule has 25 heavy (non-hydrogen) atoms. The molecule has 0 aliphatic carbocycles. The SMILES string of the molecule is CCC(=O)NC1CN(CC=Cc2ccc(F)nc2)C(CO)C(O)C1O. The number of amides is 1. The van der Waals surface area contributed by atoms with Gasteiger partial charge in [0.05, 0.1) is 24.8 Å². The quantitative estimate of drug-likeness (QED) is 0.515. The van der Waals surface area contributed by atoms with Gasteiger partial charge >= 0.3 is 0 Å². The first-order chi connectivity index (χ1) is 12.0. The number of piperidine rings is 1. The van der Waals surface area contributed by atoms with Gasteiger partial charge in [-0.1, -0.05) is 19.1 Å². The highest BCUT2D eigenvalue weighted by Crippen LogP contribution is 2.19. The summed E-state index contributed by atoms with van der Waals surface area (Å²) in [6, 6.07) is 1.58. The first-order valence-electron chi connectivity index (χ1n) is 8.24. The van der Waals surface area contributed by atoms with Crippen LogP contribution < -0.4 is 5.32 Å². The average Bonchev–Trinajstić information content (AvgIpc) is 2.61. The third-order valence-electron chi connectivity index (χ3n) is 4.31. The second-order valence-electron chi connectivity index (χ2n) is 6.03. The molecule has 7 nitrogen and oxygen atoms in total. The first-order valence-corrected chi connectivity index (χ1v) is 8.24. The molecule has 4 unspecified atom stereocenters. The third-order valence-corrected chi connectivity index (χ3v) is 4.31. The second-order valence-corrected chi connectivity index (χ2v) is 6.03. The number of aliphatic hydroxyl groups is 3. The lowest BCUT2D eigenvalue weighted by molar-refractivity contribution is -0.129. The summed E-state index contributed by atoms with van der Waals surface area (Å²) in [5.74, 6) is -0.772. The van der Waals surface area contributed by atoms with Gasteiger partial charge in [0.25, 0.3) is 0 Å². The zero-order chi connectivity index (χ0) is 18.4. The number of carbonyl (C=O) groups excluding carboxylic acids is 1. The molecule has 0 aromatic carbocycles. The van der Waals surface area contributed by atoms with E-state index in [0.29, 0.717) is 13.1 Å². The van der Waals surface area contributed by atoms with Crippen molar-refractivity contribution in [3.63, 3.8) is 0 Å². The lowest BCUT2D eigenvalue weighted by Crippen LogP contribution is -2.66. The van der Waals surface area contributed by atoms with Crippen molar-refractivity contribution in [2.24, 2.45) is 0 Å². The summed E-state index contributed by atoms with van der Waals surface area (Å²) in [5, 5.41) is 32.6. The molecule has 0 bridgehead atoms. The van der Waals surface area contributed by atoms with Crippen LogP contribution >= 0.6 is 0 Å². The summed E-state index contributed by atoms with van der Waals surface area (Å²) in [6.45, 7) is 2.05. The Morgan fingerprint density at radius 3 is 2.80 bits per heavy atom. The van der Waals surface area contributed by atoms with Crippen LogP contribution in [0.3, 0.4) is 0 Å². The molecule has 1 aliphatic heterocycles. The Hall–Kier alpha value is -1.87. The minimum atomic E-state index is -1.18. The number of likely N-dealkylation sites (tertiary alicyclic amines) is 1. The van der Waals surface area contributed by atoms with Gasteiger partial charge in [-0.3, -0.25) is 9.69 Å². The molecule has 1 amide bonds. The molecule has 1 aromatic rings. The van der Waals surface area contributed by atoms with Crippen molar-refractivity contribution in [3.8, 4) is 0 Å². The predicted octanol–water partition coefficient (Wildman–Crippen LogP) is -0.473. The maximum absolute atomic E-state index is 12.8. The van der Waals surface area contributed by atoms with E-state index in [1.54, 1.807) is 30.0 Å². The highest BCUT2D eigenvalue weighted by atomic mass is 19.1. The molecular weight excluding hydrogens is 329 g/mol. The average molecular weight is 353 g/mol. The zero-order valence-corrected chi connectivity index (χ0v) is 14.0. The van der Waals surface area contributed by atoms with E-state index < -0.39 is 30.2 Å². The van der Waals surface area contributed by atoms with Gasteiger partial charge < -0.3 is 20.6 Å². The molecule has 4 atom stereocenters. The van der Waals surface area contributed by atoms with E-state index >= 15 is 0 Å². The first kappa shape index (κ1) is 19.5. The highest BCUT2D eigenvalue weighted by molar-refractivity contribution is 5.76. The summed E-state index contributed by atoms with van der Waals surface area (Å²) in [4.78, 5) is 16.9. The molecular formula is C17H24FN3O4. The largest absolute Gasteiger partial charge is 0.395 e. The topological polar surface area (TPSA) is 106 Å². The third kappa shape index (κ3) is 5.05. The molecule has 0 spiro atoms. The van der Waals surface area contributed by atoms with Crippen molar-refractivity contribution >= 4 is 12.0 Å². The fourth-order valence-electron chi connectivity index (χ4n) is 2.86. The van der Waals surface area contributed by atoms with E-state index in [4.69, 9.17) is 0 Å². The summed E-state index contributed by atoms with van der Waals surface area (Å²) in [7, 11) is 0. The van der Waals surface area contributed by atoms with Crippen LogP contribution in [-0.4, -0.2) is 75.1 Å². The summed E-state index contributed by atoms with van der Waals surface area (Å²) >= 11 is 0. The second kappa shape index (κ2) is 9.00. The van der Waals surface area contributed by atoms with Crippen molar-refractivity contribution in [3.05, 3.63) is 35.9 Å². The molecule has 0 saturated carbocycles. The maximum Gasteiger partial charge on any atom is 0.220 e. The number of hydrogen-bond acceptors (Lipinski definition) is 6. The smallest absolute Gasteiger partial charge is 0.220 e. The van der Waals surface area contributed by atoms with E-state index in [2.05, 4.69) is 10.3 Å². The van der Waals surface area contributed by atoms with Crippen LogP contribution in [0.1, 0.15) is 18.9 Å². The molecule has 1 saturated heterocycles. The van der Waals surface area contributed by atoms with Gasteiger partial charge in [-0.05, 0) is 17.7 Å². The van der Waals surface area contributed by atoms with Crippen molar-refractivity contribution in [2.45, 2.75) is 37.6 Å². The van der Waals surface area contributed by atoms with Gasteiger partial charge in [0, 0.05) is 25.7 Å². The molecule has 2 heterocycles. The number of halogens is 1. The van der Waals surface area contributed by atoms with Crippen molar-refractivity contribution in [1.82, 2.24) is 15.2 Å². The highest BCUT2D eigenvalue weighted by Gasteiger charge is 2.41. The van der Waals surface area contributed by atoms with Crippen molar-refractivity contribution in [2.75, 3.05) is 19.7 Å². The summed E-state index contributed by atoms with van der Waals surface area (Å²) < 4.78 is 12.8. The van der Waals surface area contributed by atoms with Gasteiger partial charge in [0.2, 0.25) is 11.9 Å². The lowest BCUT2D eigenvalue weighted by Gasteiger charge is -2.44. The van der Waals surface area contributed by atoms with E-state index in [1.165, 1.54) is 12.3 Å². The van der Waals surface area contributed by atoms with Crippen molar-refractivity contribution < 1.29 is 24.5 Å². The fraction of sp³-hybridized carbons (Fsp3) is 0.529. The number of nitrogens with zero attached hydrogens (tertiary/aromatic N) is 2. The number of aliphatic hydroxyl groups excluding tert-OH is 3. The Balaban J connectivity index is 2.04. The lowest BCUT2D eigenvalue weighted by atomic mass is 9.92. The Morgan fingerprint density at radius 2 is 2.20 bits per heavy atom. The Kier molecular flexibility index (Phi) is 7.01. The summed E-state index contributed by atoms with van der Waals surface area (Å²) in [6.07, 6.45) is 2.89. The van der Waals surface area contributed by atoms with Crippen LogP contribution in [0.2, 0.25) is 0 Å². The van der Waals surface area contributed by atoms with E-state index in [0.717, 1.165) is 5.56 Å². The van der Waals surface area contributed by atoms with E-state index in [9.17, 15) is 24.5 Å². The van der Waals surface area contributed by atoms with Crippen LogP contribution in [0.4, 0.5) is 4.39 Å². The summed E-state index contributed by atoms with van der Waals surface area (Å²) in [5.41, 5.74) is 0.718. The Labute approximate surface area is 145 Å². The number of nitrogens with one attached hydrogen (secondary N) is 1. The van der Waals surface area contributed by atoms with Crippen LogP contribution in [-0.2, 0) is 4.79 Å². The van der Waals surface area contributed by atoms with Crippen LogP contribution in [0.15, 0.2) is 24.4 Å². The molecule has 138 valence electrons. The fourth-order valence-corrected chi connectivity index (χ4v) is 2.86. The van der Waals surface area contributed by atoms with Gasteiger partial charge in [0.15, 0.2) is 0 Å². The van der Waals surface area contributed by atoms with Crippen LogP contribution in [0.25, 0.3) is 6.08 Å². The maximum atomic E-state index is 12.8. The Bertz CT molecular complexity index is 596. The number of pyridine rings is 1. The molecule has 1 aliphatic rings. The number of hydrogen-bond donors (Lipinski definition) is 4. The van der Waals surface area contributed by atoms with Gasteiger partial charge in [-0.2, -0.15) is 4.39 Å². The number of rotatable bonds is 6. The van der Waals surface area contributed by atoms with Crippen LogP contribution in [0.5, 0.6) is 0 Å². The van der Waals surface area contributed by atoms with E-state index in [-0.39, 0.29) is 18.9 Å². The van der Waals surface area contributed by atoms with Crippen LogP contribution in [0, 0.1) is 5.95 Å². The van der Waals surface area contributed by atoms with Gasteiger partial charge in [-0.15, -0.1) is 0 Å². The van der Waals surface area contributed by atoms with Gasteiger partial charge in [0.1, 0.15) is 6.10 Å². The predicted molar refractivity (Wildman–Crippen MR) is 89.9 cm³/mol. The van der Waals surface area contributed by atoms with Gasteiger partial charge in [-0.25, -0.2) is 4.98 Å². The van der Waals surface area contributed by atoms with E-state index in [1.807, 2.05) is 0 Å². The zero-order valence-electron chi connectivity index (χ0n) is 14.0. The number of aromatic nitrogens is 1. The van der Waals surface area contributed by atoms with Crippen molar-refractivity contribution in [1.29, 1.82) is 0 Å². The standard InChI is InChI=1S/C17H24FN3O4/c1-2-15(23)20-12-9-21(13(10-22)17(25)16(12)24)7-3-4-11-5-6-14(18)19-8-11/h3-6,8,12-13,16-17,22,24-25H,2,7,9-10H2,1H3,(H,20,23).